The highest BCUT2D eigenvalue weighted by Gasteiger charge is 2.16. The van der Waals surface area contributed by atoms with Gasteiger partial charge in [-0.05, 0) is 19.4 Å². The monoisotopic (exact) mass is 294 g/mol. The molecule has 1 atom stereocenters. The molecule has 0 radical (unpaired) electrons. The summed E-state index contributed by atoms with van der Waals surface area (Å²) in [5.74, 6) is 0.259. The first-order chi connectivity index (χ1) is 8.97. The number of nitrogens with two attached hydrogens (primary N) is 1. The van der Waals surface area contributed by atoms with Crippen LogP contribution in [0.5, 0.6) is 0 Å². The van der Waals surface area contributed by atoms with Crippen LogP contribution in [-0.4, -0.2) is 15.7 Å². The Bertz CT molecular complexity index is 572. The van der Waals surface area contributed by atoms with E-state index in [4.69, 9.17) is 5.73 Å². The lowest BCUT2D eigenvalue weighted by Crippen LogP contribution is -2.27. The van der Waals surface area contributed by atoms with Crippen LogP contribution in [-0.2, 0) is 11.8 Å². The third-order valence-corrected chi connectivity index (χ3v) is 3.08. The summed E-state index contributed by atoms with van der Waals surface area (Å²) in [6, 6.07) is 8.72. The van der Waals surface area contributed by atoms with E-state index in [1.807, 2.05) is 45.2 Å². The molecule has 1 unspecified atom stereocenters. The maximum Gasteiger partial charge on any atom is 0.247 e. The molecule has 2 rings (SSSR count). The predicted molar refractivity (Wildman–Crippen MR) is 81.9 cm³/mol. The molecule has 0 saturated carbocycles. The molecule has 6 heteroatoms. The SMILES string of the molecule is Cc1ccc(C(N)C(=O)Nc2cc(C)n(C)n2)cc1.Cl. The highest BCUT2D eigenvalue weighted by atomic mass is 35.5. The van der Waals surface area contributed by atoms with Crippen molar-refractivity contribution in [1.82, 2.24) is 9.78 Å². The van der Waals surface area contributed by atoms with Gasteiger partial charge in [0.05, 0.1) is 0 Å². The minimum absolute atomic E-state index is 0. The maximum atomic E-state index is 12.0. The number of hydrogen-bond acceptors (Lipinski definition) is 3. The summed E-state index contributed by atoms with van der Waals surface area (Å²) < 4.78 is 1.70. The van der Waals surface area contributed by atoms with E-state index in [0.29, 0.717) is 5.82 Å². The molecule has 0 fully saturated rings. The van der Waals surface area contributed by atoms with Gasteiger partial charge in [-0.15, -0.1) is 12.4 Å². The van der Waals surface area contributed by atoms with E-state index in [1.54, 1.807) is 10.7 Å². The number of aryl methyl sites for hydroxylation is 3. The summed E-state index contributed by atoms with van der Waals surface area (Å²) in [5.41, 5.74) is 8.83. The zero-order valence-electron chi connectivity index (χ0n) is 11.8. The third kappa shape index (κ3) is 3.59. The van der Waals surface area contributed by atoms with E-state index < -0.39 is 6.04 Å². The number of rotatable bonds is 3. The number of benzene rings is 1. The minimum atomic E-state index is -0.692. The molecule has 20 heavy (non-hydrogen) atoms. The Morgan fingerprint density at radius 2 is 1.90 bits per heavy atom. The van der Waals surface area contributed by atoms with Gasteiger partial charge in [0.1, 0.15) is 6.04 Å². The van der Waals surface area contributed by atoms with Crippen molar-refractivity contribution in [3.8, 4) is 0 Å². The summed E-state index contributed by atoms with van der Waals surface area (Å²) in [4.78, 5) is 12.0. The quantitative estimate of drug-likeness (QED) is 0.910. The van der Waals surface area contributed by atoms with Crippen LogP contribution in [0.1, 0.15) is 22.9 Å². The van der Waals surface area contributed by atoms with Gasteiger partial charge < -0.3 is 11.1 Å². The van der Waals surface area contributed by atoms with Crippen LogP contribution in [0, 0.1) is 13.8 Å². The molecular weight excluding hydrogens is 276 g/mol. The highest BCUT2D eigenvalue weighted by Crippen LogP contribution is 2.14. The van der Waals surface area contributed by atoms with Crippen molar-refractivity contribution in [2.24, 2.45) is 12.8 Å². The molecule has 0 spiro atoms. The van der Waals surface area contributed by atoms with Crippen molar-refractivity contribution in [3.63, 3.8) is 0 Å². The molecule has 5 nitrogen and oxygen atoms in total. The molecule has 0 aliphatic heterocycles. The molecule has 108 valence electrons. The lowest BCUT2D eigenvalue weighted by molar-refractivity contribution is -0.117. The average Bonchev–Trinajstić information content (AvgIpc) is 2.68. The first kappa shape index (κ1) is 16.2. The minimum Gasteiger partial charge on any atom is -0.316 e. The van der Waals surface area contributed by atoms with Gasteiger partial charge in [-0.1, -0.05) is 29.8 Å². The first-order valence-electron chi connectivity index (χ1n) is 6.11. The Labute approximate surface area is 124 Å². The number of nitrogens with one attached hydrogen (secondary N) is 1. The van der Waals surface area contributed by atoms with E-state index in [9.17, 15) is 4.79 Å². The molecule has 1 aromatic carbocycles. The van der Waals surface area contributed by atoms with Crippen LogP contribution in [0.25, 0.3) is 0 Å². The Morgan fingerprint density at radius 1 is 1.30 bits per heavy atom. The largest absolute Gasteiger partial charge is 0.316 e. The van der Waals surface area contributed by atoms with Crippen LogP contribution in [0.2, 0.25) is 0 Å². The number of carbonyl (C=O) groups is 1. The smallest absolute Gasteiger partial charge is 0.247 e. The van der Waals surface area contributed by atoms with Gasteiger partial charge in [-0.3, -0.25) is 9.48 Å². The van der Waals surface area contributed by atoms with Gasteiger partial charge in [-0.2, -0.15) is 5.10 Å². The Balaban J connectivity index is 0.00000200. The normalized spacial score (nSPS) is 11.6. The molecule has 0 saturated heterocycles. The molecule has 0 aliphatic carbocycles. The van der Waals surface area contributed by atoms with Gasteiger partial charge in [0.2, 0.25) is 5.91 Å². The summed E-state index contributed by atoms with van der Waals surface area (Å²) >= 11 is 0. The number of amides is 1. The van der Waals surface area contributed by atoms with Crippen LogP contribution < -0.4 is 11.1 Å². The number of anilines is 1. The Morgan fingerprint density at radius 3 is 2.40 bits per heavy atom. The average molecular weight is 295 g/mol. The lowest BCUT2D eigenvalue weighted by atomic mass is 10.1. The fraction of sp³-hybridized carbons (Fsp3) is 0.286. The second kappa shape index (κ2) is 6.54. The Hall–Kier alpha value is -1.85. The number of halogens is 1. The third-order valence-electron chi connectivity index (χ3n) is 3.08. The van der Waals surface area contributed by atoms with E-state index in [0.717, 1.165) is 16.8 Å². The topological polar surface area (TPSA) is 72.9 Å². The highest BCUT2D eigenvalue weighted by molar-refractivity contribution is 5.94. The van der Waals surface area contributed by atoms with Crippen molar-refractivity contribution in [3.05, 3.63) is 47.2 Å². The molecule has 0 bridgehead atoms. The van der Waals surface area contributed by atoms with Crippen LogP contribution in [0.3, 0.4) is 0 Å². The summed E-state index contributed by atoms with van der Waals surface area (Å²) in [6.45, 7) is 3.91. The zero-order chi connectivity index (χ0) is 14.0. The van der Waals surface area contributed by atoms with Gasteiger partial charge in [0, 0.05) is 18.8 Å². The molecule has 0 aliphatic rings. The summed E-state index contributed by atoms with van der Waals surface area (Å²) in [6.07, 6.45) is 0. The van der Waals surface area contributed by atoms with Gasteiger partial charge in [-0.25, -0.2) is 0 Å². The number of carbonyl (C=O) groups excluding carboxylic acids is 1. The molecule has 1 amide bonds. The van der Waals surface area contributed by atoms with E-state index in [1.165, 1.54) is 0 Å². The van der Waals surface area contributed by atoms with Crippen LogP contribution in [0.4, 0.5) is 5.82 Å². The second-order valence-corrected chi connectivity index (χ2v) is 4.67. The standard InChI is InChI=1S/C14H18N4O.ClH/c1-9-4-6-11(7-5-9)13(15)14(19)16-12-8-10(2)18(3)17-12;/h4-8,13H,15H2,1-3H3,(H,16,17,19);1H. The summed E-state index contributed by atoms with van der Waals surface area (Å²) in [7, 11) is 1.82. The zero-order valence-corrected chi connectivity index (χ0v) is 12.6. The fourth-order valence-electron chi connectivity index (χ4n) is 1.75. The van der Waals surface area contributed by atoms with Crippen LogP contribution in [0.15, 0.2) is 30.3 Å². The molecule has 2 aromatic rings. The molecule has 3 N–H and O–H groups in total. The second-order valence-electron chi connectivity index (χ2n) is 4.67. The van der Waals surface area contributed by atoms with Crippen LogP contribution >= 0.6 is 12.4 Å². The number of hydrogen-bond donors (Lipinski definition) is 2. The van der Waals surface area contributed by atoms with Crippen molar-refractivity contribution in [1.29, 1.82) is 0 Å². The van der Waals surface area contributed by atoms with E-state index in [2.05, 4.69) is 10.4 Å². The first-order valence-corrected chi connectivity index (χ1v) is 6.11. The van der Waals surface area contributed by atoms with E-state index >= 15 is 0 Å². The van der Waals surface area contributed by atoms with Gasteiger partial charge in [0.25, 0.3) is 0 Å². The predicted octanol–water partition coefficient (Wildman–Crippen LogP) is 2.10. The summed E-state index contributed by atoms with van der Waals surface area (Å²) in [5, 5.41) is 6.89. The lowest BCUT2D eigenvalue weighted by Gasteiger charge is -2.11. The van der Waals surface area contributed by atoms with Crippen molar-refractivity contribution < 1.29 is 4.79 Å². The van der Waals surface area contributed by atoms with E-state index in [-0.39, 0.29) is 18.3 Å². The van der Waals surface area contributed by atoms with Gasteiger partial charge >= 0.3 is 0 Å². The number of nitrogens with zero attached hydrogens (tertiary/aromatic N) is 2. The van der Waals surface area contributed by atoms with Crippen molar-refractivity contribution in [2.75, 3.05) is 5.32 Å². The molecule has 1 aromatic heterocycles. The fourth-order valence-corrected chi connectivity index (χ4v) is 1.75. The molecule has 1 heterocycles. The van der Waals surface area contributed by atoms with Gasteiger partial charge in [0.15, 0.2) is 5.82 Å². The molecular formula is C14H19ClN4O. The van der Waals surface area contributed by atoms with Crippen molar-refractivity contribution in [2.45, 2.75) is 19.9 Å². The maximum absolute atomic E-state index is 12.0. The Kier molecular flexibility index (Phi) is 5.30. The number of aromatic nitrogens is 2. The van der Waals surface area contributed by atoms with Crippen molar-refractivity contribution >= 4 is 24.1 Å².